The molecule has 0 radical (unpaired) electrons. The number of hydrogen-bond acceptors (Lipinski definition) is 2. The molecule has 24 heavy (non-hydrogen) atoms. The lowest BCUT2D eigenvalue weighted by Gasteiger charge is -2.43. The third-order valence-corrected chi connectivity index (χ3v) is 4.98. The lowest BCUT2D eigenvalue weighted by atomic mass is 9.63. The van der Waals surface area contributed by atoms with Crippen LogP contribution in [0.15, 0.2) is 77.3 Å². The van der Waals surface area contributed by atoms with Crippen molar-refractivity contribution in [2.75, 3.05) is 9.84 Å². The number of hydrogen-bond donors (Lipinski definition) is 0. The molecule has 1 aliphatic heterocycles. The number of hydrazine groups is 1. The fourth-order valence-electron chi connectivity index (χ4n) is 3.11. The topological polar surface area (TPSA) is 6.48 Å². The minimum absolute atomic E-state index is 0.214. The highest BCUT2D eigenvalue weighted by Gasteiger charge is 2.29. The third-order valence-electron chi connectivity index (χ3n) is 4.31. The van der Waals surface area contributed by atoms with Gasteiger partial charge in [-0.1, -0.05) is 59.5 Å². The molecule has 0 bridgehead atoms. The number of halogens is 2. The van der Waals surface area contributed by atoms with Crippen LogP contribution < -0.4 is 20.8 Å². The summed E-state index contributed by atoms with van der Waals surface area (Å²) in [6, 6.07) is 23.3. The average Bonchev–Trinajstić information content (AvgIpc) is 2.62. The number of para-hydroxylation sites is 2. The van der Waals surface area contributed by atoms with Gasteiger partial charge in [-0.25, -0.2) is 4.39 Å². The Hall–Kier alpha value is -2.20. The van der Waals surface area contributed by atoms with Crippen molar-refractivity contribution in [3.63, 3.8) is 0 Å². The molecule has 0 atom stereocenters. The largest absolute Gasteiger partial charge is 0.340 e. The number of rotatable bonds is 2. The molecular formula is C18H14B2BrFN2. The zero-order valence-electron chi connectivity index (χ0n) is 13.0. The lowest BCUT2D eigenvalue weighted by Crippen LogP contribution is -2.64. The maximum absolute atomic E-state index is 14.5. The van der Waals surface area contributed by atoms with Gasteiger partial charge in [-0.15, -0.1) is 0 Å². The van der Waals surface area contributed by atoms with Gasteiger partial charge in [-0.2, -0.15) is 0 Å². The van der Waals surface area contributed by atoms with Gasteiger partial charge in [0.05, 0.1) is 11.4 Å². The first-order chi connectivity index (χ1) is 11.7. The van der Waals surface area contributed by atoms with E-state index < -0.39 is 0 Å². The SMILES string of the molecule is Fc1ccccc1N1Bc2ccccc2BN1c1ccccc1Br. The summed E-state index contributed by atoms with van der Waals surface area (Å²) in [5.41, 5.74) is 4.10. The van der Waals surface area contributed by atoms with E-state index in [4.69, 9.17) is 0 Å². The molecule has 0 saturated heterocycles. The highest BCUT2D eigenvalue weighted by atomic mass is 79.9. The second-order valence-corrected chi connectivity index (χ2v) is 6.64. The van der Waals surface area contributed by atoms with Gasteiger partial charge >= 0.3 is 0 Å². The van der Waals surface area contributed by atoms with Crippen LogP contribution >= 0.6 is 15.9 Å². The number of nitrogens with zero attached hydrogens (tertiary/aromatic N) is 2. The van der Waals surface area contributed by atoms with Crippen molar-refractivity contribution in [1.82, 2.24) is 0 Å². The lowest BCUT2D eigenvalue weighted by molar-refractivity contribution is 0.627. The van der Waals surface area contributed by atoms with Crippen LogP contribution in [0.4, 0.5) is 15.8 Å². The van der Waals surface area contributed by atoms with Crippen LogP contribution in [0.3, 0.4) is 0 Å². The van der Waals surface area contributed by atoms with E-state index in [-0.39, 0.29) is 5.82 Å². The molecule has 0 fully saturated rings. The molecule has 3 aromatic rings. The smallest absolute Gasteiger partial charge is 0.294 e. The van der Waals surface area contributed by atoms with Crippen molar-refractivity contribution >= 4 is 53.1 Å². The molecule has 0 amide bonds. The predicted molar refractivity (Wildman–Crippen MR) is 106 cm³/mol. The molecule has 1 heterocycles. The standard InChI is InChI=1S/C18H14B2BrFN2/c21-15-9-3-5-11-17(15)23-19-13-7-1-2-8-14(13)20-24(23)18-12-6-4-10-16(18)22/h1-12,19-20H. The molecule has 2 nitrogen and oxygen atoms in total. The van der Waals surface area contributed by atoms with Crippen LogP contribution in [0.5, 0.6) is 0 Å². The molecule has 0 unspecified atom stereocenters. The summed E-state index contributed by atoms with van der Waals surface area (Å²) in [7, 11) is 1.34. The van der Waals surface area contributed by atoms with Gasteiger partial charge in [-0.3, -0.25) is 0 Å². The molecule has 0 spiro atoms. The van der Waals surface area contributed by atoms with Crippen molar-refractivity contribution in [3.05, 3.63) is 83.1 Å². The van der Waals surface area contributed by atoms with Crippen LogP contribution in [-0.4, -0.2) is 14.8 Å². The second-order valence-electron chi connectivity index (χ2n) is 5.79. The van der Waals surface area contributed by atoms with Gasteiger partial charge in [0.2, 0.25) is 0 Å². The van der Waals surface area contributed by atoms with Crippen molar-refractivity contribution < 1.29 is 4.39 Å². The summed E-state index contributed by atoms with van der Waals surface area (Å²) in [5.74, 6) is -0.214. The monoisotopic (exact) mass is 378 g/mol. The van der Waals surface area contributed by atoms with E-state index >= 15 is 0 Å². The Morgan fingerprint density at radius 2 is 1.17 bits per heavy atom. The zero-order chi connectivity index (χ0) is 16.5. The van der Waals surface area contributed by atoms with Gasteiger partial charge in [-0.05, 0) is 40.2 Å². The van der Waals surface area contributed by atoms with E-state index in [1.807, 2.05) is 47.4 Å². The molecule has 6 heteroatoms. The molecule has 0 aliphatic carbocycles. The Morgan fingerprint density at radius 1 is 0.667 bits per heavy atom. The fraction of sp³-hybridized carbons (Fsp3) is 0. The highest BCUT2D eigenvalue weighted by molar-refractivity contribution is 9.10. The fourth-order valence-corrected chi connectivity index (χ4v) is 3.60. The summed E-state index contributed by atoms with van der Waals surface area (Å²) in [6.07, 6.45) is 0. The number of benzene rings is 3. The van der Waals surface area contributed by atoms with Crippen LogP contribution in [0.2, 0.25) is 0 Å². The van der Waals surface area contributed by atoms with Crippen LogP contribution in [0.1, 0.15) is 0 Å². The molecular weight excluding hydrogens is 365 g/mol. The van der Waals surface area contributed by atoms with Crippen LogP contribution in [0.25, 0.3) is 0 Å². The van der Waals surface area contributed by atoms with Gasteiger partial charge < -0.3 is 9.84 Å². The Labute approximate surface area is 150 Å². The predicted octanol–water partition coefficient (Wildman–Crippen LogP) is 2.48. The first-order valence-corrected chi connectivity index (χ1v) is 8.64. The van der Waals surface area contributed by atoms with E-state index in [0.29, 0.717) is 20.5 Å². The molecule has 4 rings (SSSR count). The molecule has 0 N–H and O–H groups in total. The van der Waals surface area contributed by atoms with Crippen molar-refractivity contribution in [2.45, 2.75) is 0 Å². The van der Waals surface area contributed by atoms with Crippen molar-refractivity contribution in [3.8, 4) is 0 Å². The van der Waals surface area contributed by atoms with E-state index in [2.05, 4.69) is 39.0 Å². The summed E-state index contributed by atoms with van der Waals surface area (Å²) in [5, 5.41) is 0. The zero-order valence-corrected chi connectivity index (χ0v) is 14.6. The highest BCUT2D eigenvalue weighted by Crippen LogP contribution is 2.30. The summed E-state index contributed by atoms with van der Waals surface area (Å²) >= 11 is 3.63. The van der Waals surface area contributed by atoms with E-state index in [9.17, 15) is 4.39 Å². The van der Waals surface area contributed by atoms with E-state index in [1.165, 1.54) is 17.0 Å². The summed E-state index contributed by atoms with van der Waals surface area (Å²) < 4.78 is 15.5. The van der Waals surface area contributed by atoms with E-state index in [1.54, 1.807) is 6.07 Å². The van der Waals surface area contributed by atoms with E-state index in [0.717, 1.165) is 10.2 Å². The maximum Gasteiger partial charge on any atom is 0.294 e. The average molecular weight is 379 g/mol. The minimum atomic E-state index is -0.214. The Kier molecular flexibility index (Phi) is 4.07. The van der Waals surface area contributed by atoms with Gasteiger partial charge in [0.25, 0.3) is 14.8 Å². The molecule has 0 saturated carbocycles. The van der Waals surface area contributed by atoms with Gasteiger partial charge in [0.15, 0.2) is 0 Å². The van der Waals surface area contributed by atoms with Crippen LogP contribution in [0, 0.1) is 5.82 Å². The number of anilines is 2. The summed E-state index contributed by atoms with van der Waals surface area (Å²) in [6.45, 7) is 0. The first kappa shape index (κ1) is 15.3. The molecule has 0 aromatic heterocycles. The Bertz CT molecular complexity index is 818. The molecule has 1 aliphatic rings. The van der Waals surface area contributed by atoms with Crippen molar-refractivity contribution in [1.29, 1.82) is 0 Å². The Morgan fingerprint density at radius 3 is 1.79 bits per heavy atom. The van der Waals surface area contributed by atoms with Gasteiger partial charge in [0, 0.05) is 4.47 Å². The maximum atomic E-state index is 14.5. The Balaban J connectivity index is 1.85. The quantitative estimate of drug-likeness (QED) is 0.632. The van der Waals surface area contributed by atoms with Crippen LogP contribution in [-0.2, 0) is 0 Å². The molecule has 116 valence electrons. The molecule has 3 aromatic carbocycles. The van der Waals surface area contributed by atoms with Gasteiger partial charge in [0.1, 0.15) is 5.82 Å². The van der Waals surface area contributed by atoms with Crippen molar-refractivity contribution in [2.24, 2.45) is 0 Å². The second kappa shape index (κ2) is 6.36. The first-order valence-electron chi connectivity index (χ1n) is 7.85. The minimum Gasteiger partial charge on any atom is -0.340 e. The third kappa shape index (κ3) is 2.71. The normalized spacial score (nSPS) is 13.1. The number of fused-ring (bicyclic) bond motifs is 1. The summed E-state index contributed by atoms with van der Waals surface area (Å²) in [4.78, 5) is 4.14.